The largest absolute Gasteiger partial charge is 0.493 e. The minimum Gasteiger partial charge on any atom is -0.493 e. The number of amides is 1. The Kier molecular flexibility index (Phi) is 7.02. The number of nitriles is 1. The van der Waals surface area contributed by atoms with Crippen molar-refractivity contribution in [1.29, 1.82) is 5.26 Å². The number of carbonyl (C=O) groups excluding carboxylic acids is 1. The van der Waals surface area contributed by atoms with E-state index in [0.29, 0.717) is 23.6 Å². The molecule has 1 N–H and O–H groups in total. The van der Waals surface area contributed by atoms with Crippen LogP contribution in [0, 0.1) is 21.8 Å². The number of anilines is 1. The van der Waals surface area contributed by atoms with Crippen LogP contribution in [0.15, 0.2) is 48.0 Å². The van der Waals surface area contributed by atoms with Crippen LogP contribution in [0.5, 0.6) is 5.75 Å². The van der Waals surface area contributed by atoms with Gasteiger partial charge in [0.1, 0.15) is 17.4 Å². The summed E-state index contributed by atoms with van der Waals surface area (Å²) in [4.78, 5) is 12.5. The number of nitrogens with one attached hydrogen (secondary N) is 1. The van der Waals surface area contributed by atoms with Crippen LogP contribution < -0.4 is 10.1 Å². The molecule has 0 aliphatic carbocycles. The van der Waals surface area contributed by atoms with Crippen molar-refractivity contribution in [2.24, 2.45) is 0 Å². The van der Waals surface area contributed by atoms with E-state index >= 15 is 0 Å². The molecule has 0 atom stereocenters. The zero-order valence-electron chi connectivity index (χ0n) is 14.2. The zero-order valence-corrected chi connectivity index (χ0v) is 16.3. The van der Waals surface area contributed by atoms with E-state index in [4.69, 9.17) is 4.74 Å². The summed E-state index contributed by atoms with van der Waals surface area (Å²) in [6.07, 6.45) is 2.44. The second-order valence-corrected chi connectivity index (χ2v) is 6.72. The second kappa shape index (κ2) is 9.23. The number of rotatable bonds is 6. The lowest BCUT2D eigenvalue weighted by atomic mass is 10.1. The minimum atomic E-state index is -0.433. The molecular weight excluding hydrogens is 427 g/mol. The van der Waals surface area contributed by atoms with Crippen molar-refractivity contribution in [2.75, 3.05) is 11.9 Å². The highest BCUT2D eigenvalue weighted by molar-refractivity contribution is 14.1. The molecule has 0 aromatic heterocycles. The van der Waals surface area contributed by atoms with E-state index in [-0.39, 0.29) is 5.57 Å². The van der Waals surface area contributed by atoms with Gasteiger partial charge in [-0.1, -0.05) is 25.1 Å². The number of halogens is 1. The van der Waals surface area contributed by atoms with Crippen LogP contribution in [0.1, 0.15) is 24.5 Å². The van der Waals surface area contributed by atoms with E-state index in [2.05, 4.69) is 27.9 Å². The maximum atomic E-state index is 12.5. The number of aryl methyl sites for hydroxylation is 1. The third kappa shape index (κ3) is 5.33. The molecule has 0 bridgehead atoms. The lowest BCUT2D eigenvalue weighted by Gasteiger charge is -2.10. The topological polar surface area (TPSA) is 62.1 Å². The van der Waals surface area contributed by atoms with Crippen molar-refractivity contribution >= 4 is 40.3 Å². The van der Waals surface area contributed by atoms with Gasteiger partial charge in [-0.3, -0.25) is 4.79 Å². The monoisotopic (exact) mass is 446 g/mol. The molecule has 4 nitrogen and oxygen atoms in total. The number of hydrogen-bond donors (Lipinski definition) is 1. The fraction of sp³-hybridized carbons (Fsp3) is 0.200. The molecule has 2 aromatic rings. The predicted molar refractivity (Wildman–Crippen MR) is 108 cm³/mol. The molecule has 0 heterocycles. The summed E-state index contributed by atoms with van der Waals surface area (Å²) in [5, 5.41) is 12.2. The van der Waals surface area contributed by atoms with Crippen LogP contribution in [-0.2, 0) is 4.79 Å². The molecule has 0 saturated heterocycles. The molecule has 5 heteroatoms. The van der Waals surface area contributed by atoms with Gasteiger partial charge in [-0.15, -0.1) is 0 Å². The maximum absolute atomic E-state index is 12.5. The molecule has 2 rings (SSSR count). The Hall–Kier alpha value is -2.33. The summed E-state index contributed by atoms with van der Waals surface area (Å²) in [7, 11) is 0. The minimum absolute atomic E-state index is 0.0329. The van der Waals surface area contributed by atoms with Gasteiger partial charge in [0.25, 0.3) is 5.91 Å². The molecule has 0 unspecified atom stereocenters. The summed E-state index contributed by atoms with van der Waals surface area (Å²) in [5.41, 5.74) is 2.39. The van der Waals surface area contributed by atoms with E-state index < -0.39 is 5.91 Å². The Balaban J connectivity index is 2.25. The van der Waals surface area contributed by atoms with Gasteiger partial charge in [-0.2, -0.15) is 5.26 Å². The Morgan fingerprint density at radius 3 is 2.76 bits per heavy atom. The predicted octanol–water partition coefficient (Wildman–Crippen LogP) is 4.93. The third-order valence-electron chi connectivity index (χ3n) is 3.48. The number of hydrogen-bond acceptors (Lipinski definition) is 3. The molecule has 0 spiro atoms. The molecule has 0 aliphatic rings. The van der Waals surface area contributed by atoms with E-state index in [1.54, 1.807) is 6.08 Å². The van der Waals surface area contributed by atoms with Crippen molar-refractivity contribution < 1.29 is 9.53 Å². The summed E-state index contributed by atoms with van der Waals surface area (Å²) in [6, 6.07) is 15.1. The van der Waals surface area contributed by atoms with E-state index in [0.717, 1.165) is 15.6 Å². The van der Waals surface area contributed by atoms with Gasteiger partial charge in [0.05, 0.1) is 6.61 Å². The molecule has 0 fully saturated rings. The summed E-state index contributed by atoms with van der Waals surface area (Å²) >= 11 is 2.22. The summed E-state index contributed by atoms with van der Waals surface area (Å²) in [6.45, 7) is 4.53. The van der Waals surface area contributed by atoms with Crippen molar-refractivity contribution in [3.63, 3.8) is 0 Å². The second-order valence-electron chi connectivity index (χ2n) is 5.47. The van der Waals surface area contributed by atoms with Crippen molar-refractivity contribution in [2.45, 2.75) is 20.3 Å². The highest BCUT2D eigenvalue weighted by Crippen LogP contribution is 2.22. The fourth-order valence-electron chi connectivity index (χ4n) is 2.20. The van der Waals surface area contributed by atoms with E-state index in [1.807, 2.05) is 62.4 Å². The highest BCUT2D eigenvalue weighted by atomic mass is 127. The standard InChI is InChI=1S/C20H19IN2O2/c1-3-10-25-19-7-5-4-6-15(19)12-16(13-22)20(24)23-18-9-8-17(21)11-14(18)2/h4-9,11-12H,3,10H2,1-2H3,(H,23,24)/b16-12+. The smallest absolute Gasteiger partial charge is 0.266 e. The van der Waals surface area contributed by atoms with Crippen LogP contribution in [0.4, 0.5) is 5.69 Å². The Labute approximate surface area is 161 Å². The third-order valence-corrected chi connectivity index (χ3v) is 4.15. The SMILES string of the molecule is CCCOc1ccccc1/C=C(\C#N)C(=O)Nc1ccc(I)cc1C. The first-order valence-corrected chi connectivity index (χ1v) is 9.04. The summed E-state index contributed by atoms with van der Waals surface area (Å²) < 4.78 is 6.76. The van der Waals surface area contributed by atoms with Gasteiger partial charge in [0, 0.05) is 14.8 Å². The molecule has 2 aromatic carbocycles. The first-order valence-electron chi connectivity index (χ1n) is 7.96. The fourth-order valence-corrected chi connectivity index (χ4v) is 2.85. The molecule has 25 heavy (non-hydrogen) atoms. The highest BCUT2D eigenvalue weighted by Gasteiger charge is 2.12. The lowest BCUT2D eigenvalue weighted by molar-refractivity contribution is -0.112. The molecule has 128 valence electrons. The van der Waals surface area contributed by atoms with Crippen LogP contribution in [-0.4, -0.2) is 12.5 Å². The molecule has 0 saturated carbocycles. The Morgan fingerprint density at radius 1 is 1.32 bits per heavy atom. The summed E-state index contributed by atoms with van der Waals surface area (Å²) in [5.74, 6) is 0.229. The van der Waals surface area contributed by atoms with Gasteiger partial charge in [-0.05, 0) is 71.8 Å². The lowest BCUT2D eigenvalue weighted by Crippen LogP contribution is -2.14. The number of ether oxygens (including phenoxy) is 1. The van der Waals surface area contributed by atoms with E-state index in [9.17, 15) is 10.1 Å². The van der Waals surface area contributed by atoms with Gasteiger partial charge >= 0.3 is 0 Å². The number of carbonyl (C=O) groups is 1. The Morgan fingerprint density at radius 2 is 2.08 bits per heavy atom. The van der Waals surface area contributed by atoms with Gasteiger partial charge < -0.3 is 10.1 Å². The van der Waals surface area contributed by atoms with Crippen LogP contribution in [0.25, 0.3) is 6.08 Å². The molecule has 0 aliphatic heterocycles. The number of para-hydroxylation sites is 1. The molecular formula is C20H19IN2O2. The molecule has 1 amide bonds. The maximum Gasteiger partial charge on any atom is 0.266 e. The van der Waals surface area contributed by atoms with Crippen molar-refractivity contribution in [3.05, 3.63) is 62.7 Å². The first-order chi connectivity index (χ1) is 12.0. The number of benzene rings is 2. The van der Waals surface area contributed by atoms with Crippen LogP contribution in [0.2, 0.25) is 0 Å². The quantitative estimate of drug-likeness (QED) is 0.389. The first kappa shape index (κ1) is 19.0. The zero-order chi connectivity index (χ0) is 18.2. The average molecular weight is 446 g/mol. The van der Waals surface area contributed by atoms with Crippen LogP contribution >= 0.6 is 22.6 Å². The van der Waals surface area contributed by atoms with Gasteiger partial charge in [-0.25, -0.2) is 0 Å². The van der Waals surface area contributed by atoms with Gasteiger partial charge in [0.15, 0.2) is 0 Å². The number of nitrogens with zero attached hydrogens (tertiary/aromatic N) is 1. The normalized spacial score (nSPS) is 10.9. The van der Waals surface area contributed by atoms with Gasteiger partial charge in [0.2, 0.25) is 0 Å². The Bertz CT molecular complexity index is 838. The van der Waals surface area contributed by atoms with Crippen molar-refractivity contribution in [3.8, 4) is 11.8 Å². The van der Waals surface area contributed by atoms with Crippen molar-refractivity contribution in [1.82, 2.24) is 0 Å². The van der Waals surface area contributed by atoms with Crippen LogP contribution in [0.3, 0.4) is 0 Å². The van der Waals surface area contributed by atoms with E-state index in [1.165, 1.54) is 0 Å². The average Bonchev–Trinajstić information content (AvgIpc) is 2.61. The molecule has 0 radical (unpaired) electrons.